The van der Waals surface area contributed by atoms with Crippen LogP contribution in [0.15, 0.2) is 60.1 Å². The minimum Gasteiger partial charge on any atom is -0.490 e. The number of halogens is 2. The van der Waals surface area contributed by atoms with Gasteiger partial charge in [0.25, 0.3) is 12.3 Å². The summed E-state index contributed by atoms with van der Waals surface area (Å²) < 4.78 is 33.0. The Balaban J connectivity index is 1.75. The van der Waals surface area contributed by atoms with Gasteiger partial charge in [0.05, 0.1) is 18.0 Å². The number of rotatable bonds is 6. The SMILES string of the molecule is CN1C(=O)C(c2cc(OC3CC3)cc(-c3cnccn3)c2)(c2ccnc(C(F)F)c2)N=C1N. The molecule has 1 unspecified atom stereocenters. The number of aliphatic imine (C=N–C) groups is 1. The number of hydrogen-bond donors (Lipinski definition) is 1. The molecule has 10 heteroatoms. The summed E-state index contributed by atoms with van der Waals surface area (Å²) in [6, 6.07) is 7.94. The van der Waals surface area contributed by atoms with Crippen LogP contribution in [0.4, 0.5) is 8.78 Å². The molecule has 2 aliphatic rings. The first-order valence-corrected chi connectivity index (χ1v) is 10.3. The molecule has 2 N–H and O–H groups in total. The number of pyridine rings is 1. The number of guanidine groups is 1. The Hall–Kier alpha value is -3.95. The van der Waals surface area contributed by atoms with Crippen LogP contribution in [-0.2, 0) is 10.3 Å². The zero-order chi connectivity index (χ0) is 23.2. The predicted molar refractivity (Wildman–Crippen MR) is 115 cm³/mol. The third-order valence-electron chi connectivity index (χ3n) is 5.67. The number of hydrogen-bond acceptors (Lipinski definition) is 7. The standard InChI is InChI=1S/C23H20F2N6O2/c1-31-21(32)23(30-22(31)26,14-4-5-28-18(11-14)20(24)25)15-8-13(19-12-27-6-7-29-19)9-17(10-15)33-16-2-3-16/h4-12,16,20H,2-3H2,1H3,(H2,26,30). The van der Waals surface area contributed by atoms with Gasteiger partial charge in [0.15, 0.2) is 11.5 Å². The van der Waals surface area contributed by atoms with Crippen LogP contribution in [0.2, 0.25) is 0 Å². The Morgan fingerprint density at radius 2 is 1.94 bits per heavy atom. The van der Waals surface area contributed by atoms with E-state index in [0.29, 0.717) is 22.6 Å². The van der Waals surface area contributed by atoms with E-state index in [1.807, 2.05) is 6.07 Å². The number of alkyl halides is 2. The molecule has 0 bridgehead atoms. The van der Waals surface area contributed by atoms with Crippen molar-refractivity contribution in [2.75, 3.05) is 7.05 Å². The van der Waals surface area contributed by atoms with E-state index in [1.165, 1.54) is 30.3 Å². The Labute approximate surface area is 188 Å². The van der Waals surface area contributed by atoms with Crippen molar-refractivity contribution < 1.29 is 18.3 Å². The third kappa shape index (κ3) is 3.67. The summed E-state index contributed by atoms with van der Waals surface area (Å²) in [7, 11) is 1.49. The number of nitrogens with two attached hydrogens (primary N) is 1. The van der Waals surface area contributed by atoms with Gasteiger partial charge < -0.3 is 10.5 Å². The van der Waals surface area contributed by atoms with E-state index in [0.717, 1.165) is 12.8 Å². The number of nitrogens with zero attached hydrogens (tertiary/aromatic N) is 5. The number of benzene rings is 1. The van der Waals surface area contributed by atoms with Gasteiger partial charge in [0.1, 0.15) is 11.4 Å². The van der Waals surface area contributed by atoms with Crippen molar-refractivity contribution in [3.8, 4) is 17.0 Å². The fourth-order valence-corrected chi connectivity index (χ4v) is 3.83. The van der Waals surface area contributed by atoms with Gasteiger partial charge in [-0.1, -0.05) is 0 Å². The molecule has 1 atom stereocenters. The number of aromatic nitrogens is 3. The van der Waals surface area contributed by atoms with Gasteiger partial charge >= 0.3 is 0 Å². The smallest absolute Gasteiger partial charge is 0.280 e. The molecule has 1 saturated carbocycles. The molecule has 3 heterocycles. The van der Waals surface area contributed by atoms with Gasteiger partial charge in [-0.15, -0.1) is 0 Å². The minimum atomic E-state index is -2.81. The second-order valence-electron chi connectivity index (χ2n) is 7.97. The molecule has 0 radical (unpaired) electrons. The summed E-state index contributed by atoms with van der Waals surface area (Å²) in [4.78, 5) is 31.5. The second-order valence-corrected chi connectivity index (χ2v) is 7.97. The lowest BCUT2D eigenvalue weighted by Crippen LogP contribution is -2.41. The van der Waals surface area contributed by atoms with Gasteiger partial charge in [0.2, 0.25) is 0 Å². The van der Waals surface area contributed by atoms with E-state index in [2.05, 4.69) is 19.9 Å². The molecule has 1 aromatic carbocycles. The van der Waals surface area contributed by atoms with E-state index < -0.39 is 23.6 Å². The first-order valence-electron chi connectivity index (χ1n) is 10.3. The van der Waals surface area contributed by atoms with Crippen LogP contribution >= 0.6 is 0 Å². The average molecular weight is 450 g/mol. The molecule has 1 aliphatic carbocycles. The maximum absolute atomic E-state index is 13.6. The lowest BCUT2D eigenvalue weighted by molar-refractivity contribution is -0.129. The van der Waals surface area contributed by atoms with Crippen LogP contribution in [-0.4, -0.2) is 44.9 Å². The molecule has 5 rings (SSSR count). The minimum absolute atomic E-state index is 0.0232. The van der Waals surface area contributed by atoms with Crippen molar-refractivity contribution >= 4 is 11.9 Å². The normalized spacial score (nSPS) is 20.3. The lowest BCUT2D eigenvalue weighted by Gasteiger charge is -2.27. The molecule has 33 heavy (non-hydrogen) atoms. The summed E-state index contributed by atoms with van der Waals surface area (Å²) in [5, 5.41) is 0. The fourth-order valence-electron chi connectivity index (χ4n) is 3.83. The lowest BCUT2D eigenvalue weighted by atomic mass is 9.82. The molecule has 2 aromatic heterocycles. The van der Waals surface area contributed by atoms with Crippen LogP contribution in [0.1, 0.15) is 36.1 Å². The van der Waals surface area contributed by atoms with Crippen LogP contribution in [0.25, 0.3) is 11.3 Å². The van der Waals surface area contributed by atoms with Crippen molar-refractivity contribution in [3.63, 3.8) is 0 Å². The van der Waals surface area contributed by atoms with Crippen LogP contribution < -0.4 is 10.5 Å². The van der Waals surface area contributed by atoms with Gasteiger partial charge in [-0.25, -0.2) is 13.8 Å². The summed E-state index contributed by atoms with van der Waals surface area (Å²) in [5.41, 5.74) is 5.77. The van der Waals surface area contributed by atoms with Gasteiger partial charge in [-0.3, -0.25) is 24.6 Å². The highest BCUT2D eigenvalue weighted by molar-refractivity contribution is 6.09. The van der Waals surface area contributed by atoms with Gasteiger partial charge in [-0.05, 0) is 54.3 Å². The molecule has 1 fully saturated rings. The van der Waals surface area contributed by atoms with Gasteiger partial charge in [0, 0.05) is 31.2 Å². The van der Waals surface area contributed by atoms with Crippen LogP contribution in [0, 0.1) is 0 Å². The second kappa shape index (κ2) is 7.88. The Morgan fingerprint density at radius 3 is 2.58 bits per heavy atom. The van der Waals surface area contributed by atoms with Gasteiger partial charge in [-0.2, -0.15) is 0 Å². The first-order chi connectivity index (χ1) is 15.9. The maximum Gasteiger partial charge on any atom is 0.280 e. The molecule has 0 saturated heterocycles. The topological polar surface area (TPSA) is 107 Å². The van der Waals surface area contributed by atoms with E-state index in [-0.39, 0.29) is 17.6 Å². The number of amides is 1. The summed E-state index contributed by atoms with van der Waals surface area (Å²) >= 11 is 0. The quantitative estimate of drug-likeness (QED) is 0.619. The van der Waals surface area contributed by atoms with Crippen LogP contribution in [0.5, 0.6) is 5.75 Å². The number of likely N-dealkylation sites (N-methyl/N-ethyl adjacent to an activating group) is 1. The zero-order valence-corrected chi connectivity index (χ0v) is 17.7. The molecule has 1 amide bonds. The number of carbonyl (C=O) groups is 1. The summed E-state index contributed by atoms with van der Waals surface area (Å²) in [6.07, 6.45) is 5.10. The van der Waals surface area contributed by atoms with Crippen molar-refractivity contribution in [1.82, 2.24) is 19.9 Å². The Bertz CT molecular complexity index is 1250. The highest BCUT2D eigenvalue weighted by Gasteiger charge is 2.50. The maximum atomic E-state index is 13.6. The first kappa shape index (κ1) is 20.9. The van der Waals surface area contributed by atoms with Crippen LogP contribution in [0.3, 0.4) is 0 Å². The monoisotopic (exact) mass is 450 g/mol. The zero-order valence-electron chi connectivity index (χ0n) is 17.7. The molecule has 0 spiro atoms. The predicted octanol–water partition coefficient (Wildman–Crippen LogP) is 3.05. The highest BCUT2D eigenvalue weighted by Crippen LogP contribution is 2.43. The summed E-state index contributed by atoms with van der Waals surface area (Å²) in [6.45, 7) is 0. The largest absolute Gasteiger partial charge is 0.490 e. The van der Waals surface area contributed by atoms with Crippen molar-refractivity contribution in [1.29, 1.82) is 0 Å². The average Bonchev–Trinajstić information content (AvgIpc) is 3.62. The van der Waals surface area contributed by atoms with E-state index in [1.54, 1.807) is 30.7 Å². The highest BCUT2D eigenvalue weighted by atomic mass is 19.3. The van der Waals surface area contributed by atoms with Crippen molar-refractivity contribution in [3.05, 3.63) is 71.9 Å². The summed E-state index contributed by atoms with van der Waals surface area (Å²) in [5.74, 6) is 0.0272. The molecule has 3 aromatic rings. The van der Waals surface area contributed by atoms with Crippen molar-refractivity contribution in [2.24, 2.45) is 10.7 Å². The fraction of sp³-hybridized carbons (Fsp3) is 0.261. The van der Waals surface area contributed by atoms with E-state index in [4.69, 9.17) is 10.5 Å². The molecule has 8 nitrogen and oxygen atoms in total. The molecular weight excluding hydrogens is 430 g/mol. The molecule has 168 valence electrons. The van der Waals surface area contributed by atoms with E-state index >= 15 is 0 Å². The Morgan fingerprint density at radius 1 is 1.12 bits per heavy atom. The molecular formula is C23H20F2N6O2. The number of carbonyl (C=O) groups excluding carboxylic acids is 1. The van der Waals surface area contributed by atoms with E-state index in [9.17, 15) is 13.6 Å². The number of ether oxygens (including phenoxy) is 1. The Kier molecular flexibility index (Phi) is 4.99. The van der Waals surface area contributed by atoms with Crippen molar-refractivity contribution in [2.45, 2.75) is 30.9 Å². The third-order valence-corrected chi connectivity index (χ3v) is 5.67. The molecule has 1 aliphatic heterocycles.